The Morgan fingerprint density at radius 2 is 1.82 bits per heavy atom. The molecule has 0 unspecified atom stereocenters. The van der Waals surface area contributed by atoms with E-state index in [0.29, 0.717) is 5.69 Å². The van der Waals surface area contributed by atoms with E-state index < -0.39 is 0 Å². The third kappa shape index (κ3) is 1.37. The van der Waals surface area contributed by atoms with Crippen LogP contribution >= 0.6 is 0 Å². The van der Waals surface area contributed by atoms with Gasteiger partial charge in [0.25, 0.3) is 0 Å². The number of phenols is 2. The number of nitrogens with zero attached hydrogens (tertiary/aromatic N) is 1. The number of rotatable bonds is 1. The summed E-state index contributed by atoms with van der Waals surface area (Å²) in [4.78, 5) is 1.73. The summed E-state index contributed by atoms with van der Waals surface area (Å²) in [6.07, 6.45) is 0. The van der Waals surface area contributed by atoms with Crippen molar-refractivity contribution >= 4 is 5.69 Å². The molecule has 0 aliphatic rings. The van der Waals surface area contributed by atoms with E-state index in [4.69, 9.17) is 5.11 Å². The van der Waals surface area contributed by atoms with Crippen LogP contribution in [-0.2, 0) is 0 Å². The Kier molecular flexibility index (Phi) is 1.89. The molecule has 3 nitrogen and oxygen atoms in total. The van der Waals surface area contributed by atoms with Gasteiger partial charge in [0.1, 0.15) is 0 Å². The van der Waals surface area contributed by atoms with Gasteiger partial charge < -0.3 is 15.1 Å². The van der Waals surface area contributed by atoms with Crippen molar-refractivity contribution in [1.82, 2.24) is 0 Å². The van der Waals surface area contributed by atoms with Crippen molar-refractivity contribution in [2.24, 2.45) is 0 Å². The molecule has 0 amide bonds. The highest BCUT2D eigenvalue weighted by molar-refractivity contribution is 5.62. The molecule has 0 heterocycles. The number of para-hydroxylation sites is 1. The molecule has 0 aliphatic carbocycles. The molecule has 0 fully saturated rings. The lowest BCUT2D eigenvalue weighted by Gasteiger charge is -2.13. The standard InChI is InChI=1S/C8H11NO2/c1-9(2)6-4-3-5-7(10)8(6)11/h3-5,10-11H,1-2H3. The van der Waals surface area contributed by atoms with Crippen LogP contribution in [-0.4, -0.2) is 24.3 Å². The van der Waals surface area contributed by atoms with E-state index in [2.05, 4.69) is 0 Å². The van der Waals surface area contributed by atoms with Crippen LogP contribution in [0.3, 0.4) is 0 Å². The largest absolute Gasteiger partial charge is 0.504 e. The zero-order valence-corrected chi connectivity index (χ0v) is 6.57. The Morgan fingerprint density at radius 3 is 2.27 bits per heavy atom. The van der Waals surface area contributed by atoms with Gasteiger partial charge in [0.05, 0.1) is 5.69 Å². The Morgan fingerprint density at radius 1 is 1.18 bits per heavy atom. The van der Waals surface area contributed by atoms with Crippen LogP contribution in [0.15, 0.2) is 18.2 Å². The Balaban J connectivity index is 3.17. The summed E-state index contributed by atoms with van der Waals surface area (Å²) in [6.45, 7) is 0. The lowest BCUT2D eigenvalue weighted by Crippen LogP contribution is -2.08. The minimum absolute atomic E-state index is 0.0718. The van der Waals surface area contributed by atoms with Crippen LogP contribution in [0.1, 0.15) is 0 Å². The van der Waals surface area contributed by atoms with Gasteiger partial charge >= 0.3 is 0 Å². The van der Waals surface area contributed by atoms with E-state index in [1.807, 2.05) is 0 Å². The summed E-state index contributed by atoms with van der Waals surface area (Å²) in [5.41, 5.74) is 0.616. The predicted molar refractivity (Wildman–Crippen MR) is 44.1 cm³/mol. The summed E-state index contributed by atoms with van der Waals surface area (Å²) in [6, 6.07) is 4.86. The second-order valence-corrected chi connectivity index (χ2v) is 2.54. The molecule has 0 bridgehead atoms. The van der Waals surface area contributed by atoms with Crippen molar-refractivity contribution in [2.45, 2.75) is 0 Å². The fourth-order valence-electron chi connectivity index (χ4n) is 0.880. The molecule has 11 heavy (non-hydrogen) atoms. The Labute approximate surface area is 65.5 Å². The third-order valence-electron chi connectivity index (χ3n) is 1.48. The number of phenolic OH excluding ortho intramolecular Hbond substituents is 2. The van der Waals surface area contributed by atoms with E-state index in [-0.39, 0.29) is 11.5 Å². The maximum atomic E-state index is 9.28. The number of anilines is 1. The smallest absolute Gasteiger partial charge is 0.181 e. The zero-order valence-electron chi connectivity index (χ0n) is 6.57. The van der Waals surface area contributed by atoms with E-state index in [9.17, 15) is 5.11 Å². The van der Waals surface area contributed by atoms with Crippen LogP contribution in [0.2, 0.25) is 0 Å². The average molecular weight is 153 g/mol. The summed E-state index contributed by atoms with van der Waals surface area (Å²) >= 11 is 0. The van der Waals surface area contributed by atoms with Crippen LogP contribution in [0, 0.1) is 0 Å². The van der Waals surface area contributed by atoms with Gasteiger partial charge in [-0.2, -0.15) is 0 Å². The SMILES string of the molecule is CN(C)c1cccc(O)c1O. The molecular weight excluding hydrogens is 142 g/mol. The fourth-order valence-corrected chi connectivity index (χ4v) is 0.880. The van der Waals surface area contributed by atoms with E-state index >= 15 is 0 Å². The number of hydrogen-bond donors (Lipinski definition) is 2. The molecule has 60 valence electrons. The van der Waals surface area contributed by atoms with Crippen molar-refractivity contribution in [3.63, 3.8) is 0 Å². The van der Waals surface area contributed by atoms with Crippen LogP contribution < -0.4 is 4.90 Å². The minimum Gasteiger partial charge on any atom is -0.504 e. The quantitative estimate of drug-likeness (QED) is 0.595. The second kappa shape index (κ2) is 2.70. The number of benzene rings is 1. The van der Waals surface area contributed by atoms with E-state index in [0.717, 1.165) is 0 Å². The molecular formula is C8H11NO2. The molecule has 0 aromatic heterocycles. The second-order valence-electron chi connectivity index (χ2n) is 2.54. The van der Waals surface area contributed by atoms with E-state index in [1.54, 1.807) is 31.1 Å². The highest BCUT2D eigenvalue weighted by Gasteiger charge is 2.05. The molecule has 0 radical (unpaired) electrons. The van der Waals surface area contributed by atoms with Gasteiger partial charge in [0.2, 0.25) is 0 Å². The normalized spacial score (nSPS) is 9.64. The summed E-state index contributed by atoms with van der Waals surface area (Å²) in [5.74, 6) is -0.159. The van der Waals surface area contributed by atoms with Crippen molar-refractivity contribution in [2.75, 3.05) is 19.0 Å². The van der Waals surface area contributed by atoms with Crippen LogP contribution in [0.4, 0.5) is 5.69 Å². The molecule has 0 saturated carbocycles. The summed E-state index contributed by atoms with van der Waals surface area (Å²) in [5, 5.41) is 18.3. The van der Waals surface area contributed by atoms with Crippen molar-refractivity contribution in [3.05, 3.63) is 18.2 Å². The molecule has 1 aromatic carbocycles. The lowest BCUT2D eigenvalue weighted by molar-refractivity contribution is 0.404. The maximum absolute atomic E-state index is 9.28. The summed E-state index contributed by atoms with van der Waals surface area (Å²) < 4.78 is 0. The Bertz CT molecular complexity index is 258. The van der Waals surface area contributed by atoms with Crippen molar-refractivity contribution in [3.8, 4) is 11.5 Å². The average Bonchev–Trinajstić information content (AvgIpc) is 1.94. The van der Waals surface area contributed by atoms with Gasteiger partial charge in [-0.15, -0.1) is 0 Å². The monoisotopic (exact) mass is 153 g/mol. The molecule has 2 N–H and O–H groups in total. The van der Waals surface area contributed by atoms with Crippen LogP contribution in [0.25, 0.3) is 0 Å². The maximum Gasteiger partial charge on any atom is 0.181 e. The summed E-state index contributed by atoms with van der Waals surface area (Å²) in [7, 11) is 3.60. The van der Waals surface area contributed by atoms with Gasteiger partial charge in [-0.3, -0.25) is 0 Å². The lowest BCUT2D eigenvalue weighted by atomic mass is 10.2. The first-order valence-corrected chi connectivity index (χ1v) is 3.31. The highest BCUT2D eigenvalue weighted by atomic mass is 16.3. The minimum atomic E-state index is -0.0869. The fraction of sp³-hybridized carbons (Fsp3) is 0.250. The van der Waals surface area contributed by atoms with Gasteiger partial charge in [-0.25, -0.2) is 0 Å². The van der Waals surface area contributed by atoms with Gasteiger partial charge in [-0.05, 0) is 12.1 Å². The molecule has 3 heteroatoms. The molecule has 0 spiro atoms. The zero-order chi connectivity index (χ0) is 8.43. The van der Waals surface area contributed by atoms with E-state index in [1.165, 1.54) is 6.07 Å². The van der Waals surface area contributed by atoms with Crippen molar-refractivity contribution < 1.29 is 10.2 Å². The molecule has 0 saturated heterocycles. The highest BCUT2D eigenvalue weighted by Crippen LogP contribution is 2.33. The molecule has 1 aromatic rings. The van der Waals surface area contributed by atoms with Crippen molar-refractivity contribution in [1.29, 1.82) is 0 Å². The van der Waals surface area contributed by atoms with Gasteiger partial charge in [-0.1, -0.05) is 6.07 Å². The first-order chi connectivity index (χ1) is 5.13. The first-order valence-electron chi connectivity index (χ1n) is 3.31. The number of hydrogen-bond acceptors (Lipinski definition) is 3. The first kappa shape index (κ1) is 7.72. The topological polar surface area (TPSA) is 43.7 Å². The predicted octanol–water partition coefficient (Wildman–Crippen LogP) is 1.16. The molecule has 0 aliphatic heterocycles. The molecule has 1 rings (SSSR count). The third-order valence-corrected chi connectivity index (χ3v) is 1.48. The van der Waals surface area contributed by atoms with Gasteiger partial charge in [0, 0.05) is 14.1 Å². The van der Waals surface area contributed by atoms with Gasteiger partial charge in [0.15, 0.2) is 11.5 Å². The van der Waals surface area contributed by atoms with Crippen LogP contribution in [0.5, 0.6) is 11.5 Å². The molecule has 0 atom stereocenters. The number of aromatic hydroxyl groups is 2. The Hall–Kier alpha value is -1.38.